The lowest BCUT2D eigenvalue weighted by Crippen LogP contribution is -2.32. The predicted molar refractivity (Wildman–Crippen MR) is 155 cm³/mol. The van der Waals surface area contributed by atoms with Crippen LogP contribution in [0, 0.1) is 6.92 Å². The van der Waals surface area contributed by atoms with Crippen molar-refractivity contribution in [3.05, 3.63) is 100 Å². The first-order valence-electron chi connectivity index (χ1n) is 13.0. The Morgan fingerprint density at radius 3 is 2.59 bits per heavy atom. The molecule has 3 N–H and O–H groups in total. The van der Waals surface area contributed by atoms with Crippen molar-refractivity contribution < 1.29 is 24.4 Å². The van der Waals surface area contributed by atoms with Gasteiger partial charge in [0, 0.05) is 28.1 Å². The van der Waals surface area contributed by atoms with Crippen LogP contribution in [0.1, 0.15) is 52.5 Å². The number of halogens is 1. The van der Waals surface area contributed by atoms with Crippen molar-refractivity contribution >= 4 is 41.6 Å². The van der Waals surface area contributed by atoms with Crippen molar-refractivity contribution in [2.75, 3.05) is 13.2 Å². The topological polar surface area (TPSA) is 139 Å². The number of nitrogens with one attached hydrogen (secondary N) is 1. The summed E-state index contributed by atoms with van der Waals surface area (Å²) in [5.41, 5.74) is 3.59. The fraction of sp³-hybridized carbons (Fsp3) is 0.207. The minimum atomic E-state index is -1.66. The van der Waals surface area contributed by atoms with E-state index in [9.17, 15) is 19.6 Å². The average molecular weight is 572 g/mol. The number of hydrogen-bond acceptors (Lipinski definition) is 8. The number of nitrogens with zero attached hydrogens (tertiary/aromatic N) is 4. The number of carbonyl (C=O) groups excluding carboxylic acids is 2. The van der Waals surface area contributed by atoms with Gasteiger partial charge < -0.3 is 20.1 Å². The first-order chi connectivity index (χ1) is 19.7. The molecule has 0 bridgehead atoms. The van der Waals surface area contributed by atoms with E-state index in [1.807, 2.05) is 41.8 Å². The Morgan fingerprint density at radius 2 is 1.85 bits per heavy atom. The molecule has 1 amide bonds. The van der Waals surface area contributed by atoms with E-state index in [0.717, 1.165) is 16.8 Å². The maximum absolute atomic E-state index is 12.5. The van der Waals surface area contributed by atoms with Crippen LogP contribution < -0.4 is 15.5 Å². The van der Waals surface area contributed by atoms with E-state index < -0.39 is 13.2 Å². The number of aliphatic imine (C=N–C) groups is 1. The van der Waals surface area contributed by atoms with Gasteiger partial charge in [-0.25, -0.2) is 0 Å². The second kappa shape index (κ2) is 12.1. The Kier molecular flexibility index (Phi) is 8.30. The highest BCUT2D eigenvalue weighted by molar-refractivity contribution is 6.58. The number of ketones is 1. The zero-order valence-corrected chi connectivity index (χ0v) is 23.2. The van der Waals surface area contributed by atoms with Gasteiger partial charge in [-0.2, -0.15) is 0 Å². The number of rotatable bonds is 9. The van der Waals surface area contributed by atoms with Crippen LogP contribution >= 0.6 is 11.6 Å². The van der Waals surface area contributed by atoms with Crippen LogP contribution in [0.3, 0.4) is 0 Å². The minimum absolute atomic E-state index is 0.0160. The van der Waals surface area contributed by atoms with Crippen LogP contribution in [-0.2, 0) is 4.79 Å². The van der Waals surface area contributed by atoms with Gasteiger partial charge in [0.2, 0.25) is 0 Å². The van der Waals surface area contributed by atoms with Crippen LogP contribution in [0.5, 0.6) is 5.75 Å². The van der Waals surface area contributed by atoms with Gasteiger partial charge in [-0.3, -0.25) is 19.1 Å². The number of ether oxygens (including phenoxy) is 1. The van der Waals surface area contributed by atoms with E-state index in [0.29, 0.717) is 33.7 Å². The fourth-order valence-corrected chi connectivity index (χ4v) is 4.81. The SMILES string of the molecule is CC(=O)C[C@@H]1N=C(c2ccc(Cl)cc2)c2cc(OCCNC(=O)c3cccc(B(O)O)c3)ccc2-n2c(C)nnc21. The molecular weight excluding hydrogens is 545 g/mol. The van der Waals surface area contributed by atoms with Gasteiger partial charge in [0.25, 0.3) is 5.91 Å². The number of aromatic nitrogens is 3. The Hall–Kier alpha value is -4.32. The summed E-state index contributed by atoms with van der Waals surface area (Å²) in [5.74, 6) is 1.43. The van der Waals surface area contributed by atoms with Crippen molar-refractivity contribution in [3.8, 4) is 11.4 Å². The van der Waals surface area contributed by atoms with Crippen molar-refractivity contribution in [3.63, 3.8) is 0 Å². The third-order valence-corrected chi connectivity index (χ3v) is 6.85. The van der Waals surface area contributed by atoms with Gasteiger partial charge in [-0.15, -0.1) is 10.2 Å². The monoisotopic (exact) mass is 571 g/mol. The van der Waals surface area contributed by atoms with E-state index in [1.54, 1.807) is 24.3 Å². The molecule has 10 nitrogen and oxygen atoms in total. The second-order valence-corrected chi connectivity index (χ2v) is 10.1. The van der Waals surface area contributed by atoms with Crippen molar-refractivity contribution in [1.29, 1.82) is 0 Å². The number of Topliss-reactive ketones (excluding diaryl/α,β-unsaturated/α-hetero) is 1. The van der Waals surface area contributed by atoms with Crippen LogP contribution in [0.15, 0.2) is 71.7 Å². The first-order valence-corrected chi connectivity index (χ1v) is 13.4. The molecule has 41 heavy (non-hydrogen) atoms. The van der Waals surface area contributed by atoms with Gasteiger partial charge in [0.05, 0.1) is 17.9 Å². The molecule has 1 aliphatic heterocycles. The average Bonchev–Trinajstić information content (AvgIpc) is 3.28. The molecule has 1 atom stereocenters. The molecule has 208 valence electrons. The van der Waals surface area contributed by atoms with E-state index in [1.165, 1.54) is 19.1 Å². The van der Waals surface area contributed by atoms with E-state index in [-0.39, 0.29) is 36.7 Å². The largest absolute Gasteiger partial charge is 0.492 e. The summed E-state index contributed by atoms with van der Waals surface area (Å²) in [6, 6.07) is 18.5. The molecule has 3 aromatic carbocycles. The molecule has 2 heterocycles. The molecule has 12 heteroatoms. The van der Waals surface area contributed by atoms with Gasteiger partial charge in [0.1, 0.15) is 30.0 Å². The maximum Gasteiger partial charge on any atom is 0.488 e. The van der Waals surface area contributed by atoms with Crippen LogP contribution in [0.25, 0.3) is 5.69 Å². The quantitative estimate of drug-likeness (QED) is 0.207. The van der Waals surface area contributed by atoms with Gasteiger partial charge in [-0.1, -0.05) is 35.9 Å². The molecule has 0 unspecified atom stereocenters. The van der Waals surface area contributed by atoms with Gasteiger partial charge in [0.15, 0.2) is 5.82 Å². The fourth-order valence-electron chi connectivity index (χ4n) is 4.69. The lowest BCUT2D eigenvalue weighted by molar-refractivity contribution is -0.117. The highest BCUT2D eigenvalue weighted by Crippen LogP contribution is 2.34. The molecule has 0 aliphatic carbocycles. The Morgan fingerprint density at radius 1 is 1.07 bits per heavy atom. The molecule has 0 radical (unpaired) electrons. The summed E-state index contributed by atoms with van der Waals surface area (Å²) < 4.78 is 7.90. The number of aryl methyl sites for hydroxylation is 1. The second-order valence-electron chi connectivity index (χ2n) is 9.63. The van der Waals surface area contributed by atoms with Crippen molar-refractivity contribution in [1.82, 2.24) is 20.1 Å². The molecule has 5 rings (SSSR count). The number of amides is 1. The summed E-state index contributed by atoms with van der Waals surface area (Å²) in [5, 5.41) is 30.7. The molecule has 0 saturated heterocycles. The van der Waals surface area contributed by atoms with Gasteiger partial charge >= 0.3 is 7.12 Å². The van der Waals surface area contributed by atoms with Crippen molar-refractivity contribution in [2.24, 2.45) is 4.99 Å². The number of carbonyl (C=O) groups is 2. The third kappa shape index (κ3) is 6.22. The number of benzene rings is 3. The number of hydrogen-bond donors (Lipinski definition) is 3. The van der Waals surface area contributed by atoms with E-state index in [4.69, 9.17) is 21.3 Å². The van der Waals surface area contributed by atoms with Crippen molar-refractivity contribution in [2.45, 2.75) is 26.3 Å². The zero-order chi connectivity index (χ0) is 29.1. The normalized spacial score (nSPS) is 13.9. The molecule has 0 spiro atoms. The zero-order valence-electron chi connectivity index (χ0n) is 22.4. The molecule has 4 aromatic rings. The van der Waals surface area contributed by atoms with E-state index >= 15 is 0 Å². The standard InChI is InChI=1S/C29H27BClN5O5/c1-17(37)14-25-28-35-34-18(2)36(28)26-11-10-23(16-24(26)27(33-25)19-6-8-22(31)9-7-19)41-13-12-32-29(38)20-4-3-5-21(15-20)30(39)40/h3-11,15-16,25,39-40H,12-14H2,1-2H3,(H,32,38)/t25-/m0/s1. The Labute approximate surface area is 241 Å². The molecule has 0 saturated carbocycles. The third-order valence-electron chi connectivity index (χ3n) is 6.60. The summed E-state index contributed by atoms with van der Waals surface area (Å²) >= 11 is 6.16. The first kappa shape index (κ1) is 28.2. The lowest BCUT2D eigenvalue weighted by atomic mass is 9.79. The minimum Gasteiger partial charge on any atom is -0.492 e. The number of fused-ring (bicyclic) bond motifs is 3. The van der Waals surface area contributed by atoms with E-state index in [2.05, 4.69) is 15.5 Å². The molecule has 1 aromatic heterocycles. The predicted octanol–water partition coefficient (Wildman–Crippen LogP) is 2.59. The lowest BCUT2D eigenvalue weighted by Gasteiger charge is -2.15. The maximum atomic E-state index is 12.5. The molecule has 0 fully saturated rings. The summed E-state index contributed by atoms with van der Waals surface area (Å²) in [6.45, 7) is 3.78. The summed E-state index contributed by atoms with van der Waals surface area (Å²) in [4.78, 5) is 29.7. The van der Waals surface area contributed by atoms with Crippen LogP contribution in [0.4, 0.5) is 0 Å². The molecular formula is C29H27BClN5O5. The highest BCUT2D eigenvalue weighted by Gasteiger charge is 2.29. The smallest absolute Gasteiger partial charge is 0.488 e. The molecule has 1 aliphatic rings. The Balaban J connectivity index is 1.41. The van der Waals surface area contributed by atoms with Crippen LogP contribution in [-0.4, -0.2) is 62.5 Å². The summed E-state index contributed by atoms with van der Waals surface area (Å²) in [7, 11) is -1.66. The Bertz CT molecular complexity index is 1640. The summed E-state index contributed by atoms with van der Waals surface area (Å²) in [6.07, 6.45) is 0.173. The van der Waals surface area contributed by atoms with Crippen LogP contribution in [0.2, 0.25) is 5.02 Å². The van der Waals surface area contributed by atoms with Gasteiger partial charge in [-0.05, 0) is 61.8 Å². The highest BCUT2D eigenvalue weighted by atomic mass is 35.5.